The van der Waals surface area contributed by atoms with E-state index in [1.165, 1.54) is 5.56 Å². The first-order valence-corrected chi connectivity index (χ1v) is 8.21. The Hall–Kier alpha value is -3.34. The van der Waals surface area contributed by atoms with Crippen molar-refractivity contribution >= 4 is 23.0 Å². The Morgan fingerprint density at radius 2 is 1.48 bits per heavy atom. The Bertz CT molecular complexity index is 946. The highest BCUT2D eigenvalue weighted by atomic mass is 15.1. The lowest BCUT2D eigenvalue weighted by molar-refractivity contribution is 1.14. The van der Waals surface area contributed by atoms with Crippen LogP contribution in [-0.2, 0) is 6.42 Å². The molecule has 0 spiro atoms. The number of hydrogen-bond donors (Lipinski definition) is 1. The normalized spacial score (nSPS) is 13.2. The molecule has 0 amide bonds. The SMILES string of the molecule is CCc1ccc2c(c1)NC(c1ccncc1)=NC(c1ccncc1)=N2. The van der Waals surface area contributed by atoms with Crippen LogP contribution in [-0.4, -0.2) is 21.6 Å². The molecule has 0 saturated heterocycles. The van der Waals surface area contributed by atoms with Crippen molar-refractivity contribution in [2.45, 2.75) is 13.3 Å². The van der Waals surface area contributed by atoms with Crippen molar-refractivity contribution in [2.75, 3.05) is 5.32 Å². The van der Waals surface area contributed by atoms with E-state index in [4.69, 9.17) is 9.98 Å². The third-order valence-corrected chi connectivity index (χ3v) is 4.06. The molecule has 0 saturated carbocycles. The molecule has 1 aromatic carbocycles. The summed E-state index contributed by atoms with van der Waals surface area (Å²) in [5.41, 5.74) is 4.97. The number of pyridine rings is 2. The van der Waals surface area contributed by atoms with Gasteiger partial charge >= 0.3 is 0 Å². The number of fused-ring (bicyclic) bond motifs is 1. The number of nitrogens with zero attached hydrogens (tertiary/aromatic N) is 4. The smallest absolute Gasteiger partial charge is 0.162 e. The van der Waals surface area contributed by atoms with E-state index in [0.717, 1.165) is 34.8 Å². The van der Waals surface area contributed by atoms with E-state index in [2.05, 4.69) is 34.3 Å². The second-order valence-corrected chi connectivity index (χ2v) is 5.70. The highest BCUT2D eigenvalue weighted by Crippen LogP contribution is 2.30. The minimum atomic E-state index is 0.657. The van der Waals surface area contributed by atoms with Gasteiger partial charge in [0.1, 0.15) is 5.84 Å². The van der Waals surface area contributed by atoms with Crippen molar-refractivity contribution in [3.05, 3.63) is 83.9 Å². The van der Waals surface area contributed by atoms with Crippen molar-refractivity contribution in [1.82, 2.24) is 9.97 Å². The van der Waals surface area contributed by atoms with Crippen molar-refractivity contribution in [3.8, 4) is 0 Å². The number of hydrogen-bond acceptors (Lipinski definition) is 5. The van der Waals surface area contributed by atoms with Crippen molar-refractivity contribution in [2.24, 2.45) is 9.98 Å². The number of anilines is 1. The van der Waals surface area contributed by atoms with E-state index in [1.54, 1.807) is 24.8 Å². The van der Waals surface area contributed by atoms with Gasteiger partial charge in [0.15, 0.2) is 5.84 Å². The Morgan fingerprint density at radius 3 is 2.16 bits per heavy atom. The van der Waals surface area contributed by atoms with Crippen LogP contribution in [0, 0.1) is 0 Å². The number of amidine groups is 2. The zero-order valence-corrected chi connectivity index (χ0v) is 13.8. The quantitative estimate of drug-likeness (QED) is 0.791. The van der Waals surface area contributed by atoms with Gasteiger partial charge in [0.05, 0.1) is 11.4 Å². The highest BCUT2D eigenvalue weighted by molar-refractivity contribution is 6.19. The van der Waals surface area contributed by atoms with Gasteiger partial charge in [-0.2, -0.15) is 0 Å². The van der Waals surface area contributed by atoms with E-state index in [-0.39, 0.29) is 0 Å². The zero-order valence-electron chi connectivity index (χ0n) is 13.8. The summed E-state index contributed by atoms with van der Waals surface area (Å²) in [6.45, 7) is 2.14. The number of aromatic nitrogens is 2. The molecule has 1 aliphatic rings. The van der Waals surface area contributed by atoms with E-state index < -0.39 is 0 Å². The van der Waals surface area contributed by atoms with Crippen LogP contribution in [0.4, 0.5) is 11.4 Å². The van der Waals surface area contributed by atoms with Crippen LogP contribution in [0.1, 0.15) is 23.6 Å². The maximum atomic E-state index is 4.79. The molecule has 5 heteroatoms. The average molecular weight is 327 g/mol. The molecule has 3 aromatic rings. The summed E-state index contributed by atoms with van der Waals surface area (Å²) in [7, 11) is 0. The van der Waals surface area contributed by atoms with E-state index in [9.17, 15) is 0 Å². The number of aliphatic imine (C=N–C) groups is 2. The maximum Gasteiger partial charge on any atom is 0.162 e. The molecule has 0 bridgehead atoms. The summed E-state index contributed by atoms with van der Waals surface area (Å²) in [5, 5.41) is 3.44. The molecule has 0 unspecified atom stereocenters. The topological polar surface area (TPSA) is 62.5 Å². The van der Waals surface area contributed by atoms with Crippen LogP contribution in [0.15, 0.2) is 77.2 Å². The first kappa shape index (κ1) is 15.2. The lowest BCUT2D eigenvalue weighted by Gasteiger charge is -2.10. The fraction of sp³-hybridized carbons (Fsp3) is 0.100. The largest absolute Gasteiger partial charge is 0.338 e. The van der Waals surface area contributed by atoms with Gasteiger partial charge in [0.2, 0.25) is 0 Å². The number of nitrogens with one attached hydrogen (secondary N) is 1. The second-order valence-electron chi connectivity index (χ2n) is 5.70. The van der Waals surface area contributed by atoms with Gasteiger partial charge in [-0.15, -0.1) is 0 Å². The Balaban J connectivity index is 1.88. The van der Waals surface area contributed by atoms with Gasteiger partial charge in [0.25, 0.3) is 0 Å². The minimum Gasteiger partial charge on any atom is -0.338 e. The first-order chi connectivity index (χ1) is 12.3. The number of rotatable bonds is 3. The molecular weight excluding hydrogens is 310 g/mol. The molecule has 0 atom stereocenters. The maximum absolute atomic E-state index is 4.79. The molecule has 25 heavy (non-hydrogen) atoms. The van der Waals surface area contributed by atoms with Gasteiger partial charge in [-0.3, -0.25) is 9.97 Å². The molecular formula is C20H17N5. The Kier molecular flexibility index (Phi) is 4.04. The van der Waals surface area contributed by atoms with Crippen molar-refractivity contribution < 1.29 is 0 Å². The molecule has 1 aliphatic heterocycles. The third kappa shape index (κ3) is 3.17. The number of aryl methyl sites for hydroxylation is 1. The first-order valence-electron chi connectivity index (χ1n) is 8.21. The molecule has 0 fully saturated rings. The van der Waals surface area contributed by atoms with Gasteiger partial charge in [-0.25, -0.2) is 9.98 Å². The van der Waals surface area contributed by atoms with Crippen LogP contribution < -0.4 is 5.32 Å². The monoisotopic (exact) mass is 327 g/mol. The number of benzene rings is 1. The lowest BCUT2D eigenvalue weighted by Crippen LogP contribution is -2.15. The Morgan fingerprint density at radius 1 is 0.800 bits per heavy atom. The van der Waals surface area contributed by atoms with Gasteiger partial charge in [-0.1, -0.05) is 13.0 Å². The summed E-state index contributed by atoms with van der Waals surface area (Å²) >= 11 is 0. The summed E-state index contributed by atoms with van der Waals surface area (Å²) in [5.74, 6) is 1.41. The molecule has 4 rings (SSSR count). The molecule has 0 aliphatic carbocycles. The van der Waals surface area contributed by atoms with E-state index in [1.807, 2.05) is 30.3 Å². The van der Waals surface area contributed by atoms with Crippen molar-refractivity contribution in [1.29, 1.82) is 0 Å². The standard InChI is InChI=1S/C20H17N5/c1-2-14-3-4-17-18(13-14)24-20(16-7-11-22-12-8-16)25-19(23-17)15-5-9-21-10-6-15/h3-13H,2H2,1H3,(H,23,24,25). The minimum absolute atomic E-state index is 0.657. The molecule has 1 N–H and O–H groups in total. The lowest BCUT2D eigenvalue weighted by atomic mass is 10.1. The molecule has 122 valence electrons. The summed E-state index contributed by atoms with van der Waals surface area (Å²) in [4.78, 5) is 17.7. The van der Waals surface area contributed by atoms with Crippen LogP contribution in [0.5, 0.6) is 0 Å². The van der Waals surface area contributed by atoms with E-state index >= 15 is 0 Å². The zero-order chi connectivity index (χ0) is 17.1. The predicted octanol–water partition coefficient (Wildman–Crippen LogP) is 3.99. The molecule has 5 nitrogen and oxygen atoms in total. The Labute approximate surface area is 146 Å². The second kappa shape index (κ2) is 6.65. The van der Waals surface area contributed by atoms with Gasteiger partial charge in [-0.05, 0) is 48.4 Å². The highest BCUT2D eigenvalue weighted by Gasteiger charge is 2.15. The third-order valence-electron chi connectivity index (χ3n) is 4.06. The fourth-order valence-electron chi connectivity index (χ4n) is 2.68. The van der Waals surface area contributed by atoms with Crippen LogP contribution in [0.3, 0.4) is 0 Å². The molecule has 3 heterocycles. The molecule has 0 radical (unpaired) electrons. The van der Waals surface area contributed by atoms with Gasteiger partial charge < -0.3 is 5.32 Å². The fourth-order valence-corrected chi connectivity index (χ4v) is 2.68. The summed E-state index contributed by atoms with van der Waals surface area (Å²) < 4.78 is 0. The van der Waals surface area contributed by atoms with Crippen molar-refractivity contribution in [3.63, 3.8) is 0 Å². The molecule has 2 aromatic heterocycles. The average Bonchev–Trinajstić information content (AvgIpc) is 2.88. The van der Waals surface area contributed by atoms with Crippen LogP contribution >= 0.6 is 0 Å². The predicted molar refractivity (Wildman–Crippen MR) is 101 cm³/mol. The summed E-state index contributed by atoms with van der Waals surface area (Å²) in [6, 6.07) is 14.0. The summed E-state index contributed by atoms with van der Waals surface area (Å²) in [6.07, 6.45) is 7.99. The van der Waals surface area contributed by atoms with Crippen LogP contribution in [0.2, 0.25) is 0 Å². The van der Waals surface area contributed by atoms with E-state index in [0.29, 0.717) is 5.84 Å². The van der Waals surface area contributed by atoms with Gasteiger partial charge in [0, 0.05) is 35.9 Å². The van der Waals surface area contributed by atoms with Crippen LogP contribution in [0.25, 0.3) is 0 Å².